The molecule has 45 nitrogen and oxygen atoms in total. The van der Waals surface area contributed by atoms with Crippen molar-refractivity contribution < 1.29 is 224 Å². The Labute approximate surface area is 608 Å². The molecule has 0 amide bonds. The number of ether oxygens (including phenoxy) is 17. The molecule has 0 aromatic heterocycles. The van der Waals surface area contributed by atoms with E-state index >= 15 is 0 Å². The Kier molecular flexibility index (Phi) is 31.4. The minimum atomic E-state index is -2.40. The Morgan fingerprint density at radius 1 is 0.234 bits per heavy atom. The van der Waals surface area contributed by atoms with E-state index in [-0.39, 0.29) is 5.92 Å². The van der Waals surface area contributed by atoms with E-state index in [0.29, 0.717) is 25.7 Å². The van der Waals surface area contributed by atoms with Gasteiger partial charge in [-0.15, -0.1) is 0 Å². The summed E-state index contributed by atoms with van der Waals surface area (Å²) in [4.78, 5) is 0. The second-order valence-electron chi connectivity index (χ2n) is 28.7. The van der Waals surface area contributed by atoms with Crippen LogP contribution in [0.2, 0.25) is 0 Å². The average Bonchev–Trinajstić information content (AvgIpc) is 0.773. The molecule has 8 aliphatic heterocycles. The largest absolute Gasteiger partial charge is 0.396 e. The second-order valence-corrected chi connectivity index (χ2v) is 28.7. The molecular formula is C62H106O45. The average molecular weight is 1570 g/mol. The molecule has 8 saturated heterocycles. The predicted octanol–water partition coefficient (Wildman–Crippen LogP) is -17.4. The topological polar surface area (TPSA) is 723 Å². The van der Waals surface area contributed by atoms with Crippen LogP contribution in [0.4, 0.5) is 0 Å². The van der Waals surface area contributed by atoms with Gasteiger partial charge in [0.2, 0.25) is 0 Å². The molecule has 10 rings (SSSR count). The van der Waals surface area contributed by atoms with Crippen LogP contribution in [-0.2, 0) is 80.5 Å². The second kappa shape index (κ2) is 38.3. The van der Waals surface area contributed by atoms with E-state index in [1.54, 1.807) is 0 Å². The van der Waals surface area contributed by atoms with Crippen LogP contribution in [0.3, 0.4) is 0 Å². The van der Waals surface area contributed by atoms with Gasteiger partial charge in [-0.25, -0.2) is 0 Å². The van der Waals surface area contributed by atoms with E-state index in [0.717, 1.165) is 0 Å². The highest BCUT2D eigenvalue weighted by molar-refractivity contribution is 5.03. The first-order chi connectivity index (χ1) is 50.8. The van der Waals surface area contributed by atoms with Crippen molar-refractivity contribution in [2.75, 3.05) is 59.5 Å². The van der Waals surface area contributed by atoms with Gasteiger partial charge in [0.05, 0.1) is 71.2 Å². The zero-order valence-corrected chi connectivity index (χ0v) is 57.5. The molecular weight excluding hydrogens is 1460 g/mol. The van der Waals surface area contributed by atoms with Gasteiger partial charge in [-0.05, 0) is 38.0 Å². The quantitative estimate of drug-likeness (QED) is 0.0363. The Bertz CT molecular complexity index is 2650. The fraction of sp³-hybridized carbons (Fsp3) is 1.00. The van der Waals surface area contributed by atoms with E-state index in [2.05, 4.69) is 0 Å². The molecule has 0 spiro atoms. The van der Waals surface area contributed by atoms with Crippen LogP contribution in [0, 0.1) is 11.8 Å². The van der Waals surface area contributed by atoms with Crippen LogP contribution in [0.1, 0.15) is 39.0 Å². The highest BCUT2D eigenvalue weighted by Crippen LogP contribution is 2.41. The number of aliphatic hydroxyl groups is 28. The van der Waals surface area contributed by atoms with E-state index < -0.39 is 348 Å². The van der Waals surface area contributed by atoms with Crippen molar-refractivity contribution >= 4 is 0 Å². The summed E-state index contributed by atoms with van der Waals surface area (Å²) in [5.74, 6) is -1.02. The van der Waals surface area contributed by atoms with Crippen molar-refractivity contribution in [2.24, 2.45) is 11.8 Å². The maximum absolute atomic E-state index is 12.5. The van der Waals surface area contributed by atoms with E-state index in [1.807, 2.05) is 6.92 Å². The molecule has 0 radical (unpaired) electrons. The van der Waals surface area contributed by atoms with Gasteiger partial charge >= 0.3 is 0 Å². The molecule has 0 aromatic rings. The molecule has 0 bridgehead atoms. The number of rotatable bonds is 27. The summed E-state index contributed by atoms with van der Waals surface area (Å²) in [7, 11) is 0. The summed E-state index contributed by atoms with van der Waals surface area (Å²) in [6.07, 6.45) is -88.2. The SMILES string of the molecule is CC1CCC(O[C@@H]2OC(CO[C@H]3OC(CO[C@H]4OC(CO)[C@@H](O)[C@H](O)C4O[C@H]4OC(CO)[C@@H](O)[C@H](O)C4O)[C@@H](O)[C@H](O[C@H]4OC(CO)[C@@H](O)C(O)C4O[C@H]4OC(CO)[C@@H](O)C(O)C4O)C3O)[C@@H](O)[C@H](O[C@H]3OC(CO)[C@@H](O)C(O)C3O[C@H]3CC(CO)[C@@H](O)C(O)C3O[C@H]3OC(CO)[C@@H](O)C(O)C3O)C2O)CC1. The highest BCUT2D eigenvalue weighted by atomic mass is 16.8. The minimum Gasteiger partial charge on any atom is -0.396 e. The monoisotopic (exact) mass is 1570 g/mol. The van der Waals surface area contributed by atoms with Crippen molar-refractivity contribution in [3.63, 3.8) is 0 Å². The summed E-state index contributed by atoms with van der Waals surface area (Å²) in [6, 6.07) is 0. The third-order valence-electron chi connectivity index (χ3n) is 21.5. The van der Waals surface area contributed by atoms with Crippen molar-refractivity contribution in [1.29, 1.82) is 0 Å². The molecule has 23 unspecified atom stereocenters. The van der Waals surface area contributed by atoms with Crippen molar-refractivity contribution in [3.8, 4) is 0 Å². The van der Waals surface area contributed by atoms with Crippen LogP contribution < -0.4 is 0 Å². The summed E-state index contributed by atoms with van der Waals surface area (Å²) < 4.78 is 101. The molecule has 10 fully saturated rings. The van der Waals surface area contributed by atoms with Gasteiger partial charge < -0.3 is 224 Å². The fourth-order valence-corrected chi connectivity index (χ4v) is 14.8. The number of aliphatic hydroxyl groups excluding tert-OH is 28. The molecule has 8 heterocycles. The number of hydrogen-bond donors (Lipinski definition) is 28. The smallest absolute Gasteiger partial charge is 0.187 e. The Hall–Kier alpha value is -1.80. The third-order valence-corrected chi connectivity index (χ3v) is 21.5. The molecule has 2 aliphatic carbocycles. The van der Waals surface area contributed by atoms with Gasteiger partial charge in [0.1, 0.15) is 208 Å². The van der Waals surface area contributed by atoms with Crippen LogP contribution in [0.15, 0.2) is 0 Å². The molecule has 45 heteroatoms. The van der Waals surface area contributed by atoms with E-state index in [4.69, 9.17) is 80.5 Å². The standard InChI is InChI=1S/C62H106O45/c1-16-2-4-18(5-3-16)93-59-48(90)51(105-61-53(42(84)33(75)24(12-68)99-61)94-19-6-17(7-63)28(70)40(82)49(19)103-56-44(86)37(79)29(71)20(8-64)95-56)36(78)27(102-59)14-91-55-47(89)50(104-62-54(43(85)34(76)25(13-69)100-62)107-58-46(88)39(81)31(73)22(10-66)97-58)35(77)26(101-55)15-92-60-52(41(83)32(74)23(11-67)98-60)106-57-45(87)38(80)30(72)21(9-65)96-57/h16-90H,2-15H2,1H3/t16?,17?,18?,19-,20?,21?,22?,23?,24?,25?,26?,27?,28+,29+,30+,31+,32+,33+,34+,35+,36+,37?,38-,39?,40?,41-,42?,43?,44?,45?,46?,47?,48?,49?,50-,51-,52?,53?,54?,55-,56+,57+,58+,59+,60-,61+,62+/m0/s1. The van der Waals surface area contributed by atoms with Gasteiger partial charge in [0.25, 0.3) is 0 Å². The van der Waals surface area contributed by atoms with Crippen molar-refractivity contribution in [3.05, 3.63) is 0 Å². The lowest BCUT2D eigenvalue weighted by Crippen LogP contribution is -2.68. The molecule has 45 atom stereocenters. The summed E-state index contributed by atoms with van der Waals surface area (Å²) >= 11 is 0. The predicted molar refractivity (Wildman–Crippen MR) is 331 cm³/mol. The van der Waals surface area contributed by atoms with Gasteiger partial charge in [0, 0.05) is 12.5 Å². The van der Waals surface area contributed by atoms with Crippen LogP contribution in [-0.4, -0.2) is 479 Å². The van der Waals surface area contributed by atoms with Gasteiger partial charge in [-0.3, -0.25) is 0 Å². The first-order valence-corrected chi connectivity index (χ1v) is 35.5. The van der Waals surface area contributed by atoms with Crippen LogP contribution in [0.25, 0.3) is 0 Å². The van der Waals surface area contributed by atoms with E-state index in [1.165, 1.54) is 0 Å². The number of hydrogen-bond acceptors (Lipinski definition) is 45. The fourth-order valence-electron chi connectivity index (χ4n) is 14.8. The summed E-state index contributed by atoms with van der Waals surface area (Å²) in [6.45, 7) is -6.98. The summed E-state index contributed by atoms with van der Waals surface area (Å²) in [5.41, 5.74) is 0. The van der Waals surface area contributed by atoms with Crippen LogP contribution in [0.5, 0.6) is 0 Å². The first-order valence-electron chi connectivity index (χ1n) is 35.5. The lowest BCUT2D eigenvalue weighted by molar-refractivity contribution is -0.396. The molecule has 107 heavy (non-hydrogen) atoms. The third kappa shape index (κ3) is 18.9. The van der Waals surface area contributed by atoms with Gasteiger partial charge in [0.15, 0.2) is 50.3 Å². The van der Waals surface area contributed by atoms with E-state index in [9.17, 15) is 143 Å². The Morgan fingerprint density at radius 3 is 0.916 bits per heavy atom. The maximum Gasteiger partial charge on any atom is 0.187 e. The zero-order chi connectivity index (χ0) is 78.1. The molecule has 2 saturated carbocycles. The molecule has 624 valence electrons. The normalized spacial score (nSPS) is 53.2. The Balaban J connectivity index is 0.959. The molecule has 0 aromatic carbocycles. The lowest BCUT2D eigenvalue weighted by Gasteiger charge is -2.50. The maximum atomic E-state index is 12.5. The van der Waals surface area contributed by atoms with Crippen molar-refractivity contribution in [1.82, 2.24) is 0 Å². The zero-order valence-electron chi connectivity index (χ0n) is 57.5. The van der Waals surface area contributed by atoms with Gasteiger partial charge in [-0.2, -0.15) is 0 Å². The van der Waals surface area contributed by atoms with Crippen molar-refractivity contribution in [2.45, 2.75) is 315 Å². The Morgan fingerprint density at radius 2 is 0.523 bits per heavy atom. The highest BCUT2D eigenvalue weighted by Gasteiger charge is 2.60. The summed E-state index contributed by atoms with van der Waals surface area (Å²) in [5, 5.41) is 308. The molecule has 10 aliphatic rings. The minimum absolute atomic E-state index is 0.232. The van der Waals surface area contributed by atoms with Gasteiger partial charge in [-0.1, -0.05) is 6.92 Å². The molecule has 28 N–H and O–H groups in total. The lowest BCUT2D eigenvalue weighted by atomic mass is 9.80. The van der Waals surface area contributed by atoms with Crippen LogP contribution >= 0.6 is 0 Å². The first kappa shape index (κ1) is 87.6.